The third-order valence-corrected chi connectivity index (χ3v) is 7.21. The Morgan fingerprint density at radius 3 is 2.03 bits per heavy atom. The summed E-state index contributed by atoms with van der Waals surface area (Å²) in [6, 6.07) is 10.1. The molecule has 4 atom stereocenters. The van der Waals surface area contributed by atoms with Crippen LogP contribution in [0.2, 0.25) is 5.02 Å². The van der Waals surface area contributed by atoms with E-state index in [0.717, 1.165) is 16.7 Å². The number of nitrogens with zero attached hydrogens (tertiary/aromatic N) is 3. The zero-order chi connectivity index (χ0) is 24.6. The fourth-order valence-corrected chi connectivity index (χ4v) is 5.84. The van der Waals surface area contributed by atoms with Gasteiger partial charge in [-0.3, -0.25) is 9.59 Å². The molecule has 5 rings (SSSR count). The molecule has 0 spiro atoms. The van der Waals surface area contributed by atoms with E-state index in [1.165, 1.54) is 6.07 Å². The number of halogens is 4. The summed E-state index contributed by atoms with van der Waals surface area (Å²) in [5, 5.41) is 0.581. The molecule has 2 aromatic rings. The van der Waals surface area contributed by atoms with Crippen LogP contribution in [-0.2, 0) is 20.5 Å². The van der Waals surface area contributed by atoms with Gasteiger partial charge in [-0.1, -0.05) is 17.7 Å². The molecule has 3 aliphatic rings. The Bertz CT molecular complexity index is 1220. The lowest BCUT2D eigenvalue weighted by molar-refractivity contribution is -0.142. The summed E-state index contributed by atoms with van der Waals surface area (Å²) in [7, 11) is 0. The van der Waals surface area contributed by atoms with Gasteiger partial charge in [0.1, 0.15) is 0 Å². The first-order valence-corrected chi connectivity index (χ1v) is 10.9. The standard InChI is InChI=1S/C24H19ClF3N3O3/c1-22-11-30(14-6-4-13(25)5-7-14)12-23(2,34-22)19-18(22)20(32)31(21(19)33)15-8-9-17(29-3)16(10-15)24(26,27)28/h4-10,18-19H,11-12H2,1-2H3/t18-,19+,22-,23+. The molecule has 3 fully saturated rings. The van der Waals surface area contributed by atoms with Gasteiger partial charge in [0, 0.05) is 29.5 Å². The highest BCUT2D eigenvalue weighted by molar-refractivity contribution is 6.30. The smallest absolute Gasteiger partial charge is 0.366 e. The fraction of sp³-hybridized carbons (Fsp3) is 0.375. The minimum absolute atomic E-state index is 0.191. The number of hydrogen-bond donors (Lipinski definition) is 0. The number of alkyl halides is 3. The van der Waals surface area contributed by atoms with Crippen molar-refractivity contribution in [3.63, 3.8) is 0 Å². The number of benzene rings is 2. The highest BCUT2D eigenvalue weighted by atomic mass is 35.5. The van der Waals surface area contributed by atoms with E-state index in [-0.39, 0.29) is 5.69 Å². The first-order valence-electron chi connectivity index (χ1n) is 10.6. The summed E-state index contributed by atoms with van der Waals surface area (Å²) in [6.07, 6.45) is -4.80. The number of amides is 2. The van der Waals surface area contributed by atoms with Gasteiger partial charge in [-0.05, 0) is 50.2 Å². The molecule has 2 aromatic carbocycles. The van der Waals surface area contributed by atoms with E-state index in [2.05, 4.69) is 4.85 Å². The summed E-state index contributed by atoms with van der Waals surface area (Å²) < 4.78 is 46.8. The summed E-state index contributed by atoms with van der Waals surface area (Å²) in [4.78, 5) is 32.9. The van der Waals surface area contributed by atoms with Crippen molar-refractivity contribution in [3.8, 4) is 0 Å². The third-order valence-electron chi connectivity index (χ3n) is 6.95. The highest BCUT2D eigenvalue weighted by Gasteiger charge is 2.71. The Hall–Kier alpha value is -3.09. The zero-order valence-electron chi connectivity index (χ0n) is 18.2. The molecular weight excluding hydrogens is 471 g/mol. The lowest BCUT2D eigenvalue weighted by Crippen LogP contribution is -2.58. The Balaban J connectivity index is 1.53. The van der Waals surface area contributed by atoms with E-state index >= 15 is 0 Å². The minimum Gasteiger partial charge on any atom is -0.366 e. The molecule has 3 heterocycles. The van der Waals surface area contributed by atoms with Gasteiger partial charge in [-0.15, -0.1) is 0 Å². The Morgan fingerprint density at radius 2 is 1.53 bits per heavy atom. The van der Waals surface area contributed by atoms with Crippen LogP contribution in [0.4, 0.5) is 30.2 Å². The van der Waals surface area contributed by atoms with Gasteiger partial charge in [-0.2, -0.15) is 13.2 Å². The van der Waals surface area contributed by atoms with Crippen LogP contribution in [0.5, 0.6) is 0 Å². The van der Waals surface area contributed by atoms with Gasteiger partial charge in [0.2, 0.25) is 11.8 Å². The summed E-state index contributed by atoms with van der Waals surface area (Å²) >= 11 is 6.00. The summed E-state index contributed by atoms with van der Waals surface area (Å²) in [5.74, 6) is -2.89. The predicted molar refractivity (Wildman–Crippen MR) is 119 cm³/mol. The molecular formula is C24H19ClF3N3O3. The lowest BCUT2D eigenvalue weighted by atomic mass is 9.79. The zero-order valence-corrected chi connectivity index (χ0v) is 18.9. The van der Waals surface area contributed by atoms with E-state index in [9.17, 15) is 22.8 Å². The molecule has 0 N–H and O–H groups in total. The van der Waals surface area contributed by atoms with Crippen LogP contribution in [0.25, 0.3) is 4.85 Å². The molecule has 0 radical (unpaired) electrons. The Labute approximate surface area is 198 Å². The SMILES string of the molecule is [C-]#[N+]c1ccc(N2C(=O)[C@@H]3[C@H](C2=O)[C@@]2(C)CN(c4ccc(Cl)cc4)C[C@]3(C)O2)cc1C(F)(F)F. The average Bonchev–Trinajstić information content (AvgIpc) is 3.13. The number of carbonyl (C=O) groups is 2. The number of fused-ring (bicyclic) bond motifs is 5. The topological polar surface area (TPSA) is 54.2 Å². The maximum absolute atomic E-state index is 13.5. The first-order chi connectivity index (χ1) is 15.9. The van der Waals surface area contributed by atoms with Crippen molar-refractivity contribution < 1.29 is 27.5 Å². The molecule has 176 valence electrons. The first kappa shape index (κ1) is 22.7. The second-order valence-electron chi connectivity index (χ2n) is 9.34. The summed E-state index contributed by atoms with van der Waals surface area (Å²) in [5.41, 5.74) is -3.14. The van der Waals surface area contributed by atoms with Gasteiger partial charge in [0.25, 0.3) is 0 Å². The van der Waals surface area contributed by atoms with Crippen LogP contribution in [0.1, 0.15) is 19.4 Å². The van der Waals surface area contributed by atoms with Crippen molar-refractivity contribution >= 4 is 40.5 Å². The van der Waals surface area contributed by atoms with Crippen molar-refractivity contribution in [1.29, 1.82) is 0 Å². The normalized spacial score (nSPS) is 30.5. The molecule has 0 aromatic heterocycles. The van der Waals surface area contributed by atoms with Crippen LogP contribution in [0.15, 0.2) is 42.5 Å². The quantitative estimate of drug-likeness (QED) is 0.436. The van der Waals surface area contributed by atoms with Crippen LogP contribution in [0, 0.1) is 18.4 Å². The molecule has 2 bridgehead atoms. The molecule has 3 aliphatic heterocycles. The maximum Gasteiger partial charge on any atom is 0.407 e. The van der Waals surface area contributed by atoms with Gasteiger partial charge >= 0.3 is 6.18 Å². The Morgan fingerprint density at radius 1 is 1.00 bits per heavy atom. The second-order valence-corrected chi connectivity index (χ2v) is 9.77. The number of ether oxygens (including phenoxy) is 1. The van der Waals surface area contributed by atoms with Gasteiger partial charge in [0.15, 0.2) is 5.69 Å². The molecule has 3 saturated heterocycles. The molecule has 10 heteroatoms. The highest BCUT2D eigenvalue weighted by Crippen LogP contribution is 2.56. The van der Waals surface area contributed by atoms with Crippen LogP contribution in [-0.4, -0.2) is 36.1 Å². The number of carbonyl (C=O) groups excluding carboxylic acids is 2. The maximum atomic E-state index is 13.5. The van der Waals surface area contributed by atoms with Crippen molar-refractivity contribution in [2.24, 2.45) is 11.8 Å². The Kier molecular flexibility index (Phi) is 4.81. The number of rotatable bonds is 2. The summed E-state index contributed by atoms with van der Waals surface area (Å²) in [6.45, 7) is 11.2. The molecule has 34 heavy (non-hydrogen) atoms. The van der Waals surface area contributed by atoms with Crippen LogP contribution < -0.4 is 9.80 Å². The molecule has 6 nitrogen and oxygen atoms in total. The molecule has 0 unspecified atom stereocenters. The minimum atomic E-state index is -4.80. The molecule has 0 saturated carbocycles. The van der Waals surface area contributed by atoms with Crippen LogP contribution >= 0.6 is 11.6 Å². The van der Waals surface area contributed by atoms with Crippen molar-refractivity contribution in [2.75, 3.05) is 22.9 Å². The number of anilines is 2. The third kappa shape index (κ3) is 3.20. The molecule has 0 aliphatic carbocycles. The van der Waals surface area contributed by atoms with Crippen molar-refractivity contribution in [2.45, 2.75) is 31.2 Å². The monoisotopic (exact) mass is 489 g/mol. The lowest BCUT2D eigenvalue weighted by Gasteiger charge is -2.46. The molecule has 2 amide bonds. The van der Waals surface area contributed by atoms with Gasteiger partial charge in [-0.25, -0.2) is 9.74 Å². The largest absolute Gasteiger partial charge is 0.407 e. The van der Waals surface area contributed by atoms with E-state index in [0.29, 0.717) is 24.2 Å². The van der Waals surface area contributed by atoms with E-state index in [1.807, 2.05) is 17.0 Å². The van der Waals surface area contributed by atoms with Gasteiger partial charge < -0.3 is 9.64 Å². The number of imide groups is 1. The van der Waals surface area contributed by atoms with Crippen molar-refractivity contribution in [1.82, 2.24) is 0 Å². The average molecular weight is 490 g/mol. The number of hydrogen-bond acceptors (Lipinski definition) is 4. The fourth-order valence-electron chi connectivity index (χ4n) is 5.71. The van der Waals surface area contributed by atoms with Crippen LogP contribution in [0.3, 0.4) is 0 Å². The van der Waals surface area contributed by atoms with Gasteiger partial charge in [0.05, 0.1) is 35.2 Å². The van der Waals surface area contributed by atoms with Crippen molar-refractivity contribution in [3.05, 3.63) is 64.5 Å². The van der Waals surface area contributed by atoms with E-state index in [4.69, 9.17) is 22.9 Å². The number of morpholine rings is 1. The van der Waals surface area contributed by atoms with E-state index in [1.54, 1.807) is 26.0 Å². The predicted octanol–water partition coefficient (Wildman–Crippen LogP) is 5.08. The van der Waals surface area contributed by atoms with E-state index < -0.39 is 52.3 Å². The second kappa shape index (κ2) is 7.20.